The van der Waals surface area contributed by atoms with E-state index in [2.05, 4.69) is 17.1 Å². The van der Waals surface area contributed by atoms with Gasteiger partial charge in [-0.05, 0) is 61.4 Å². The summed E-state index contributed by atoms with van der Waals surface area (Å²) >= 11 is 0. The number of ether oxygens (including phenoxy) is 2. The van der Waals surface area contributed by atoms with Crippen molar-refractivity contribution in [2.24, 2.45) is 0 Å². The molecule has 0 bridgehead atoms. The van der Waals surface area contributed by atoms with Crippen LogP contribution in [0.15, 0.2) is 84.9 Å². The number of fused-ring (bicyclic) bond motifs is 1. The number of nitrogens with one attached hydrogen (secondary N) is 1. The summed E-state index contributed by atoms with van der Waals surface area (Å²) in [7, 11) is 3.64. The summed E-state index contributed by atoms with van der Waals surface area (Å²) in [6, 6.07) is 26.8. The first-order valence-corrected chi connectivity index (χ1v) is 14.3. The van der Waals surface area contributed by atoms with E-state index in [0.29, 0.717) is 28.0 Å². The Bertz CT molecular complexity index is 1530. The Morgan fingerprint density at radius 2 is 1.66 bits per heavy atom. The lowest BCUT2D eigenvalue weighted by Gasteiger charge is -2.33. The van der Waals surface area contributed by atoms with Crippen molar-refractivity contribution >= 4 is 23.0 Å². The molecule has 212 valence electrons. The van der Waals surface area contributed by atoms with Crippen molar-refractivity contribution in [3.05, 3.63) is 113 Å². The maximum absolute atomic E-state index is 13.4. The van der Waals surface area contributed by atoms with Crippen LogP contribution in [0.25, 0.3) is 0 Å². The number of carbonyl (C=O) groups excluding carboxylic acids is 1. The summed E-state index contributed by atoms with van der Waals surface area (Å²) in [6.07, 6.45) is 4.66. The standard InChI is InChI=1S/C35H38N2O4/c1-5-6-7-13-20-37(3)26-18-19-29(32(38)22-26)35(28-17-12-11-16-27(28)34(39)41-35)30-23-31(24(2)21-33(30)40-4)36-25-14-9-8-10-15-25/h8-12,14-19,21-23,36,38H,5-7,13,20H2,1-4H3. The number of nitrogens with zero attached hydrogens (tertiary/aromatic N) is 1. The highest BCUT2D eigenvalue weighted by Gasteiger charge is 2.51. The quantitative estimate of drug-likeness (QED) is 0.146. The zero-order valence-corrected chi connectivity index (χ0v) is 24.2. The maximum atomic E-state index is 13.4. The fourth-order valence-corrected chi connectivity index (χ4v) is 5.66. The molecule has 4 aromatic rings. The van der Waals surface area contributed by atoms with E-state index in [1.807, 2.05) is 86.8 Å². The van der Waals surface area contributed by atoms with Gasteiger partial charge in [-0.25, -0.2) is 4.79 Å². The van der Waals surface area contributed by atoms with E-state index in [-0.39, 0.29) is 5.75 Å². The van der Waals surface area contributed by atoms with Gasteiger partial charge in [0, 0.05) is 53.4 Å². The molecule has 0 aliphatic carbocycles. The van der Waals surface area contributed by atoms with E-state index >= 15 is 0 Å². The third kappa shape index (κ3) is 5.34. The van der Waals surface area contributed by atoms with Gasteiger partial charge in [0.15, 0.2) is 5.60 Å². The fourth-order valence-electron chi connectivity index (χ4n) is 5.66. The van der Waals surface area contributed by atoms with Gasteiger partial charge in [0.2, 0.25) is 0 Å². The van der Waals surface area contributed by atoms with Crippen LogP contribution in [0.4, 0.5) is 17.1 Å². The monoisotopic (exact) mass is 550 g/mol. The molecule has 2 N–H and O–H groups in total. The minimum absolute atomic E-state index is 0.0487. The highest BCUT2D eigenvalue weighted by atomic mass is 16.6. The van der Waals surface area contributed by atoms with Gasteiger partial charge in [-0.15, -0.1) is 0 Å². The van der Waals surface area contributed by atoms with E-state index in [0.717, 1.165) is 35.6 Å². The second-order valence-corrected chi connectivity index (χ2v) is 10.7. The van der Waals surface area contributed by atoms with Crippen LogP contribution in [0, 0.1) is 6.92 Å². The highest BCUT2D eigenvalue weighted by molar-refractivity contribution is 5.97. The molecule has 0 saturated carbocycles. The normalized spacial score (nSPS) is 15.8. The van der Waals surface area contributed by atoms with Gasteiger partial charge in [0.25, 0.3) is 0 Å². The van der Waals surface area contributed by atoms with Crippen molar-refractivity contribution in [1.82, 2.24) is 0 Å². The van der Waals surface area contributed by atoms with Crippen molar-refractivity contribution in [1.29, 1.82) is 0 Å². The van der Waals surface area contributed by atoms with Gasteiger partial charge in [0.1, 0.15) is 11.5 Å². The number of hydrogen-bond donors (Lipinski definition) is 2. The van der Waals surface area contributed by atoms with Gasteiger partial charge in [-0.2, -0.15) is 0 Å². The average molecular weight is 551 g/mol. The van der Waals surface area contributed by atoms with Gasteiger partial charge >= 0.3 is 5.97 Å². The number of rotatable bonds is 11. The number of aryl methyl sites for hydroxylation is 1. The molecular formula is C35H38N2O4. The van der Waals surface area contributed by atoms with Crippen molar-refractivity contribution in [2.75, 3.05) is 30.9 Å². The number of anilines is 3. The first-order valence-electron chi connectivity index (χ1n) is 14.3. The second-order valence-electron chi connectivity index (χ2n) is 10.7. The molecule has 0 saturated heterocycles. The van der Waals surface area contributed by atoms with Crippen molar-refractivity contribution in [3.8, 4) is 11.5 Å². The molecule has 0 spiro atoms. The minimum Gasteiger partial charge on any atom is -0.507 e. The number of methoxy groups -OCH3 is 1. The third-order valence-corrected chi connectivity index (χ3v) is 7.90. The lowest BCUT2D eigenvalue weighted by Crippen LogP contribution is -2.30. The molecule has 41 heavy (non-hydrogen) atoms. The molecule has 1 atom stereocenters. The van der Waals surface area contributed by atoms with Crippen LogP contribution in [0.1, 0.15) is 65.2 Å². The fraction of sp³-hybridized carbons (Fsp3) is 0.286. The third-order valence-electron chi connectivity index (χ3n) is 7.90. The summed E-state index contributed by atoms with van der Waals surface area (Å²) in [5.74, 6) is 0.159. The molecule has 0 amide bonds. The number of unbranched alkanes of at least 4 members (excludes halogenated alkanes) is 3. The molecule has 0 aromatic heterocycles. The minimum atomic E-state index is -1.41. The molecule has 6 nitrogen and oxygen atoms in total. The molecule has 0 radical (unpaired) electrons. The number of aromatic hydroxyl groups is 1. The number of phenols is 1. The topological polar surface area (TPSA) is 71.0 Å². The van der Waals surface area contributed by atoms with E-state index < -0.39 is 11.6 Å². The number of phenolic OH excluding ortho intramolecular Hbond substituents is 1. The van der Waals surface area contributed by atoms with Crippen LogP contribution in [0.3, 0.4) is 0 Å². The van der Waals surface area contributed by atoms with Gasteiger partial charge in [-0.3, -0.25) is 0 Å². The lowest BCUT2D eigenvalue weighted by atomic mass is 9.78. The molecular weight excluding hydrogens is 512 g/mol. The van der Waals surface area contributed by atoms with Crippen LogP contribution < -0.4 is 15.0 Å². The Balaban J connectivity index is 1.66. The van der Waals surface area contributed by atoms with Crippen molar-refractivity contribution in [2.45, 2.75) is 45.1 Å². The predicted molar refractivity (Wildman–Crippen MR) is 165 cm³/mol. The van der Waals surface area contributed by atoms with Gasteiger partial charge < -0.3 is 24.8 Å². The highest BCUT2D eigenvalue weighted by Crippen LogP contribution is 2.53. The van der Waals surface area contributed by atoms with Crippen molar-refractivity contribution < 1.29 is 19.4 Å². The molecule has 1 aliphatic rings. The molecule has 1 unspecified atom stereocenters. The number of para-hydroxylation sites is 1. The van der Waals surface area contributed by atoms with Gasteiger partial charge in [0.05, 0.1) is 12.7 Å². The Labute approximate surface area is 242 Å². The van der Waals surface area contributed by atoms with Crippen LogP contribution in [0.2, 0.25) is 0 Å². The van der Waals surface area contributed by atoms with Crippen LogP contribution >= 0.6 is 0 Å². The zero-order chi connectivity index (χ0) is 29.0. The smallest absolute Gasteiger partial charge is 0.340 e. The summed E-state index contributed by atoms with van der Waals surface area (Å²) in [4.78, 5) is 15.5. The van der Waals surface area contributed by atoms with Crippen LogP contribution in [0.5, 0.6) is 11.5 Å². The van der Waals surface area contributed by atoms with E-state index in [1.54, 1.807) is 19.2 Å². The van der Waals surface area contributed by atoms with Gasteiger partial charge in [-0.1, -0.05) is 62.6 Å². The molecule has 1 aliphatic heterocycles. The Morgan fingerprint density at radius 1 is 0.902 bits per heavy atom. The Kier molecular flexibility index (Phi) is 8.20. The number of carbonyl (C=O) groups is 1. The Morgan fingerprint density at radius 3 is 2.39 bits per heavy atom. The predicted octanol–water partition coefficient (Wildman–Crippen LogP) is 7.93. The molecule has 1 heterocycles. The number of benzene rings is 4. The SMILES string of the molecule is CCCCCCN(C)c1ccc(C2(c3cc(Nc4ccccc4)c(C)cc3OC)OC(=O)c3ccccc32)c(O)c1. The zero-order valence-electron chi connectivity index (χ0n) is 24.2. The Hall–Kier alpha value is -4.45. The maximum Gasteiger partial charge on any atom is 0.340 e. The summed E-state index contributed by atoms with van der Waals surface area (Å²) in [6.45, 7) is 5.09. The van der Waals surface area contributed by atoms with Crippen molar-refractivity contribution in [3.63, 3.8) is 0 Å². The number of esters is 1. The van der Waals surface area contributed by atoms with Crippen LogP contribution in [-0.4, -0.2) is 31.8 Å². The molecule has 6 heteroatoms. The summed E-state index contributed by atoms with van der Waals surface area (Å²) < 4.78 is 12.2. The largest absolute Gasteiger partial charge is 0.507 e. The molecule has 5 rings (SSSR count). The summed E-state index contributed by atoms with van der Waals surface area (Å²) in [5.41, 5.74) is 4.45. The summed E-state index contributed by atoms with van der Waals surface area (Å²) in [5, 5.41) is 15.1. The second kappa shape index (κ2) is 12.0. The number of cyclic esters (lactones) is 1. The van der Waals surface area contributed by atoms with E-state index in [1.165, 1.54) is 19.3 Å². The molecule has 0 fully saturated rings. The van der Waals surface area contributed by atoms with Crippen LogP contribution in [-0.2, 0) is 10.3 Å². The lowest BCUT2D eigenvalue weighted by molar-refractivity contribution is 0.0239. The van der Waals surface area contributed by atoms with E-state index in [4.69, 9.17) is 9.47 Å². The molecule has 4 aromatic carbocycles. The average Bonchev–Trinajstić information content (AvgIpc) is 3.29. The van der Waals surface area contributed by atoms with E-state index in [9.17, 15) is 9.90 Å². The first kappa shape index (κ1) is 28.1. The number of hydrogen-bond acceptors (Lipinski definition) is 6. The first-order chi connectivity index (χ1) is 19.9.